The van der Waals surface area contributed by atoms with Gasteiger partial charge in [-0.25, -0.2) is 0 Å². The number of rotatable bonds is 3. The molecule has 1 heterocycles. The summed E-state index contributed by atoms with van der Waals surface area (Å²) in [5.41, 5.74) is 0. The number of aliphatic hydroxyl groups is 1. The molecule has 19 heavy (non-hydrogen) atoms. The Bertz CT molecular complexity index is 277. The molecule has 3 nitrogen and oxygen atoms in total. The van der Waals surface area contributed by atoms with Crippen molar-refractivity contribution in [1.29, 1.82) is 0 Å². The van der Waals surface area contributed by atoms with Crippen LogP contribution in [0.3, 0.4) is 0 Å². The molecule has 1 aliphatic heterocycles. The van der Waals surface area contributed by atoms with E-state index in [1.165, 1.54) is 0 Å². The van der Waals surface area contributed by atoms with Crippen molar-refractivity contribution in [3.05, 3.63) is 0 Å². The van der Waals surface area contributed by atoms with E-state index in [1.807, 2.05) is 0 Å². The quantitative estimate of drug-likeness (QED) is 0.802. The monoisotopic (exact) mass is 288 g/mol. The van der Waals surface area contributed by atoms with Gasteiger partial charge in [-0.15, -0.1) is 0 Å². The highest BCUT2D eigenvalue weighted by molar-refractivity contribution is 6.73. The molecule has 0 aliphatic carbocycles. The van der Waals surface area contributed by atoms with Crippen molar-refractivity contribution >= 4 is 8.56 Å². The van der Waals surface area contributed by atoms with E-state index in [0.29, 0.717) is 5.92 Å². The first-order valence-electron chi connectivity index (χ1n) is 7.46. The first kappa shape index (κ1) is 17.1. The van der Waals surface area contributed by atoms with E-state index in [0.717, 1.165) is 19.4 Å². The lowest BCUT2D eigenvalue weighted by Crippen LogP contribution is -2.61. The van der Waals surface area contributed by atoms with Gasteiger partial charge in [0, 0.05) is 29.4 Å². The molecular formula is C15H32O3Si. The van der Waals surface area contributed by atoms with Crippen LogP contribution in [-0.2, 0) is 8.85 Å². The molecule has 114 valence electrons. The van der Waals surface area contributed by atoms with Crippen LogP contribution < -0.4 is 0 Å². The summed E-state index contributed by atoms with van der Waals surface area (Å²) < 4.78 is 12.9. The second-order valence-electron chi connectivity index (χ2n) is 8.02. The van der Waals surface area contributed by atoms with Crippen molar-refractivity contribution in [2.45, 2.75) is 77.5 Å². The summed E-state index contributed by atoms with van der Waals surface area (Å²) in [6, 6.07) is 0. The Morgan fingerprint density at radius 2 is 1.68 bits per heavy atom. The Kier molecular flexibility index (Phi) is 5.27. The smallest absolute Gasteiger partial charge is 0.349 e. The van der Waals surface area contributed by atoms with Crippen LogP contribution in [0.1, 0.15) is 61.3 Å². The van der Waals surface area contributed by atoms with Crippen LogP contribution in [0.25, 0.3) is 0 Å². The lowest BCUT2D eigenvalue weighted by Gasteiger charge is -2.53. The van der Waals surface area contributed by atoms with Gasteiger partial charge in [-0.3, -0.25) is 0 Å². The van der Waals surface area contributed by atoms with Crippen molar-refractivity contribution in [2.24, 2.45) is 5.92 Å². The minimum atomic E-state index is -2.31. The average molecular weight is 289 g/mol. The van der Waals surface area contributed by atoms with E-state index < -0.39 is 8.56 Å². The zero-order valence-electron chi connectivity index (χ0n) is 13.7. The Morgan fingerprint density at radius 1 is 1.16 bits per heavy atom. The molecule has 0 amide bonds. The SMILES string of the molecule is C[C@H](CO)C[C@H]1CCO[Si](C(C)(C)C)(C(C)(C)C)O1. The molecule has 0 aromatic carbocycles. The van der Waals surface area contributed by atoms with Crippen molar-refractivity contribution in [1.82, 2.24) is 0 Å². The fourth-order valence-electron chi connectivity index (χ4n) is 3.26. The van der Waals surface area contributed by atoms with Gasteiger partial charge in [0.1, 0.15) is 0 Å². The first-order chi connectivity index (χ1) is 8.53. The third kappa shape index (κ3) is 3.60. The van der Waals surface area contributed by atoms with Gasteiger partial charge in [-0.2, -0.15) is 0 Å². The van der Waals surface area contributed by atoms with Gasteiger partial charge in [-0.1, -0.05) is 48.5 Å². The van der Waals surface area contributed by atoms with Crippen molar-refractivity contribution in [2.75, 3.05) is 13.2 Å². The van der Waals surface area contributed by atoms with Crippen molar-refractivity contribution in [3.8, 4) is 0 Å². The van der Waals surface area contributed by atoms with Crippen LogP contribution in [0.5, 0.6) is 0 Å². The average Bonchev–Trinajstić information content (AvgIpc) is 2.26. The molecule has 0 aromatic rings. The molecular weight excluding hydrogens is 256 g/mol. The summed E-state index contributed by atoms with van der Waals surface area (Å²) in [4.78, 5) is 0. The topological polar surface area (TPSA) is 38.7 Å². The molecule has 1 aliphatic rings. The Hall–Kier alpha value is 0.0969. The molecule has 0 aromatic heterocycles. The van der Waals surface area contributed by atoms with Gasteiger partial charge in [0.05, 0.1) is 0 Å². The molecule has 0 spiro atoms. The fourth-order valence-corrected chi connectivity index (χ4v) is 8.24. The standard InChI is InChI=1S/C15H32O3Si/c1-12(11-16)10-13-8-9-17-19(18-13,14(2,3)4)15(5,6)7/h12-13,16H,8-11H2,1-7H3/t12-,13+/m0/s1. The van der Waals surface area contributed by atoms with Crippen molar-refractivity contribution in [3.63, 3.8) is 0 Å². The predicted molar refractivity (Wildman–Crippen MR) is 81.5 cm³/mol. The van der Waals surface area contributed by atoms with Gasteiger partial charge in [0.15, 0.2) is 0 Å². The molecule has 2 atom stereocenters. The molecule has 0 saturated carbocycles. The van der Waals surface area contributed by atoms with Gasteiger partial charge in [-0.05, 0) is 18.8 Å². The third-order valence-electron chi connectivity index (χ3n) is 4.03. The van der Waals surface area contributed by atoms with E-state index in [2.05, 4.69) is 48.5 Å². The maximum atomic E-state index is 9.24. The van der Waals surface area contributed by atoms with Gasteiger partial charge in [0.25, 0.3) is 0 Å². The second-order valence-corrected chi connectivity index (χ2v) is 12.8. The molecule has 0 radical (unpaired) electrons. The van der Waals surface area contributed by atoms with E-state index in [1.54, 1.807) is 0 Å². The Balaban J connectivity index is 2.94. The summed E-state index contributed by atoms with van der Waals surface area (Å²) in [5.74, 6) is 0.301. The highest BCUT2D eigenvalue weighted by atomic mass is 28.4. The Morgan fingerprint density at radius 3 is 2.11 bits per heavy atom. The van der Waals surface area contributed by atoms with E-state index in [4.69, 9.17) is 8.85 Å². The van der Waals surface area contributed by atoms with Gasteiger partial charge >= 0.3 is 8.56 Å². The highest BCUT2D eigenvalue weighted by Gasteiger charge is 2.60. The molecule has 1 N–H and O–H groups in total. The second kappa shape index (κ2) is 5.84. The largest absolute Gasteiger partial charge is 0.396 e. The van der Waals surface area contributed by atoms with Gasteiger partial charge in [0.2, 0.25) is 0 Å². The summed E-state index contributed by atoms with van der Waals surface area (Å²) in [6.07, 6.45) is 2.12. The Labute approximate surface area is 119 Å². The molecule has 0 bridgehead atoms. The molecule has 1 rings (SSSR count). The minimum absolute atomic E-state index is 0.0480. The molecule has 0 unspecified atom stereocenters. The number of hydrogen-bond acceptors (Lipinski definition) is 3. The fraction of sp³-hybridized carbons (Fsp3) is 1.00. The summed E-state index contributed by atoms with van der Waals surface area (Å²) >= 11 is 0. The lowest BCUT2D eigenvalue weighted by atomic mass is 10.0. The van der Waals surface area contributed by atoms with Gasteiger partial charge < -0.3 is 14.0 Å². The lowest BCUT2D eigenvalue weighted by molar-refractivity contribution is 0.00609. The minimum Gasteiger partial charge on any atom is -0.396 e. The maximum Gasteiger partial charge on any atom is 0.349 e. The molecule has 1 fully saturated rings. The summed E-state index contributed by atoms with van der Waals surface area (Å²) in [6.45, 7) is 16.5. The van der Waals surface area contributed by atoms with E-state index in [-0.39, 0.29) is 22.8 Å². The van der Waals surface area contributed by atoms with Crippen LogP contribution in [-0.4, -0.2) is 33.0 Å². The first-order valence-corrected chi connectivity index (χ1v) is 9.28. The van der Waals surface area contributed by atoms with E-state index in [9.17, 15) is 5.11 Å². The number of aliphatic hydroxyl groups excluding tert-OH is 1. The predicted octanol–water partition coefficient (Wildman–Crippen LogP) is 3.85. The third-order valence-corrected chi connectivity index (χ3v) is 9.25. The van der Waals surface area contributed by atoms with E-state index >= 15 is 0 Å². The molecule has 4 heteroatoms. The maximum absolute atomic E-state index is 9.24. The zero-order chi connectivity index (χ0) is 14.9. The summed E-state index contributed by atoms with van der Waals surface area (Å²) in [7, 11) is -2.31. The van der Waals surface area contributed by atoms with Crippen LogP contribution in [0.15, 0.2) is 0 Å². The highest BCUT2D eigenvalue weighted by Crippen LogP contribution is 2.54. The summed E-state index contributed by atoms with van der Waals surface area (Å²) in [5, 5.41) is 9.34. The van der Waals surface area contributed by atoms with Crippen LogP contribution in [0.2, 0.25) is 10.1 Å². The van der Waals surface area contributed by atoms with Crippen LogP contribution >= 0.6 is 0 Å². The molecule has 1 saturated heterocycles. The van der Waals surface area contributed by atoms with Crippen LogP contribution in [0, 0.1) is 5.92 Å². The zero-order valence-corrected chi connectivity index (χ0v) is 14.7. The van der Waals surface area contributed by atoms with Crippen molar-refractivity contribution < 1.29 is 14.0 Å². The number of hydrogen-bond donors (Lipinski definition) is 1. The normalized spacial score (nSPS) is 26.2. The van der Waals surface area contributed by atoms with Crippen LogP contribution in [0.4, 0.5) is 0 Å².